The van der Waals surface area contributed by atoms with Gasteiger partial charge in [0.25, 0.3) is 0 Å². The van der Waals surface area contributed by atoms with E-state index in [1.165, 1.54) is 0 Å². The van der Waals surface area contributed by atoms with Gasteiger partial charge in [0, 0.05) is 11.6 Å². The van der Waals surface area contributed by atoms with Crippen molar-refractivity contribution in [2.45, 2.75) is 58.7 Å². The number of benzene rings is 5. The molecule has 6 nitrogen and oxygen atoms in total. The number of amides is 1. The fourth-order valence-electron chi connectivity index (χ4n) is 5.11. The molecular weight excluding hydrogens is 610 g/mol. The van der Waals surface area contributed by atoms with Gasteiger partial charge < -0.3 is 24.6 Å². The SMILES string of the molecule is CC(C)(C)OC(=O)NCc1cccc(C(O)c2cc(Cl)ccc2Cc2ccc(OCc3ccccc3)c(OCc3ccccc3)c2)c1. The van der Waals surface area contributed by atoms with Crippen LogP contribution in [0.1, 0.15) is 65.8 Å². The normalized spacial score (nSPS) is 11.9. The Kier molecular flexibility index (Phi) is 11.2. The molecule has 0 aliphatic carbocycles. The van der Waals surface area contributed by atoms with Crippen molar-refractivity contribution in [3.63, 3.8) is 0 Å². The number of aliphatic hydroxyl groups is 1. The number of rotatable bonds is 12. The molecular formula is C40H40ClNO5. The third-order valence-electron chi connectivity index (χ3n) is 7.38. The molecule has 0 aromatic heterocycles. The summed E-state index contributed by atoms with van der Waals surface area (Å²) in [6.45, 7) is 6.54. The fourth-order valence-corrected chi connectivity index (χ4v) is 5.29. The van der Waals surface area contributed by atoms with Gasteiger partial charge in [0.1, 0.15) is 24.9 Å². The van der Waals surface area contributed by atoms with E-state index in [2.05, 4.69) is 5.32 Å². The van der Waals surface area contributed by atoms with Crippen LogP contribution in [0.15, 0.2) is 121 Å². The van der Waals surface area contributed by atoms with Gasteiger partial charge in [-0.25, -0.2) is 4.79 Å². The van der Waals surface area contributed by atoms with Crippen LogP contribution in [0.4, 0.5) is 4.79 Å². The Bertz CT molecular complexity index is 1770. The second-order valence-electron chi connectivity index (χ2n) is 12.4. The monoisotopic (exact) mass is 649 g/mol. The van der Waals surface area contributed by atoms with Crippen molar-refractivity contribution in [3.05, 3.63) is 165 Å². The smallest absolute Gasteiger partial charge is 0.407 e. The minimum absolute atomic E-state index is 0.266. The first-order chi connectivity index (χ1) is 22.6. The van der Waals surface area contributed by atoms with E-state index in [9.17, 15) is 9.90 Å². The Hall–Kier alpha value is -4.78. The summed E-state index contributed by atoms with van der Waals surface area (Å²) in [6.07, 6.45) is -0.902. The lowest BCUT2D eigenvalue weighted by atomic mass is 9.92. The summed E-state index contributed by atoms with van der Waals surface area (Å²) in [5.41, 5.74) is 5.67. The third-order valence-corrected chi connectivity index (χ3v) is 7.62. The van der Waals surface area contributed by atoms with Crippen LogP contribution in [-0.4, -0.2) is 16.8 Å². The van der Waals surface area contributed by atoms with Crippen molar-refractivity contribution < 1.29 is 24.1 Å². The topological polar surface area (TPSA) is 77.0 Å². The highest BCUT2D eigenvalue weighted by Crippen LogP contribution is 2.34. The summed E-state index contributed by atoms with van der Waals surface area (Å²) in [4.78, 5) is 12.2. The maximum Gasteiger partial charge on any atom is 0.407 e. The summed E-state index contributed by atoms with van der Waals surface area (Å²) in [5.74, 6) is 1.30. The fraction of sp³-hybridized carbons (Fsp3) is 0.225. The molecule has 242 valence electrons. The Morgan fingerprint density at radius 3 is 2.02 bits per heavy atom. The molecule has 1 unspecified atom stereocenters. The molecule has 0 radical (unpaired) electrons. The van der Waals surface area contributed by atoms with E-state index in [-0.39, 0.29) is 6.54 Å². The molecule has 1 atom stereocenters. The zero-order valence-corrected chi connectivity index (χ0v) is 27.7. The van der Waals surface area contributed by atoms with E-state index in [1.54, 1.807) is 6.07 Å². The molecule has 2 N–H and O–H groups in total. The van der Waals surface area contributed by atoms with Crippen LogP contribution in [0.3, 0.4) is 0 Å². The second kappa shape index (κ2) is 15.7. The average Bonchev–Trinajstić information content (AvgIpc) is 3.06. The molecule has 5 rings (SSSR count). The molecule has 0 fully saturated rings. The van der Waals surface area contributed by atoms with Crippen molar-refractivity contribution in [1.29, 1.82) is 0 Å². The highest BCUT2D eigenvalue weighted by atomic mass is 35.5. The highest BCUT2D eigenvalue weighted by Gasteiger charge is 2.19. The Balaban J connectivity index is 1.36. The van der Waals surface area contributed by atoms with E-state index in [1.807, 2.05) is 136 Å². The van der Waals surface area contributed by atoms with E-state index in [0.29, 0.717) is 47.3 Å². The lowest BCUT2D eigenvalue weighted by Gasteiger charge is -2.20. The van der Waals surface area contributed by atoms with E-state index >= 15 is 0 Å². The molecule has 0 aliphatic heterocycles. The van der Waals surface area contributed by atoms with Crippen molar-refractivity contribution in [1.82, 2.24) is 5.32 Å². The van der Waals surface area contributed by atoms with Gasteiger partial charge in [-0.1, -0.05) is 109 Å². The maximum absolute atomic E-state index is 12.2. The molecule has 5 aromatic rings. The number of alkyl carbamates (subject to hydrolysis) is 1. The van der Waals surface area contributed by atoms with Gasteiger partial charge >= 0.3 is 6.09 Å². The quantitative estimate of drug-likeness (QED) is 0.141. The number of ether oxygens (including phenoxy) is 3. The highest BCUT2D eigenvalue weighted by molar-refractivity contribution is 6.30. The first kappa shape index (κ1) is 33.6. The molecule has 5 aromatic carbocycles. The number of halogens is 1. The molecule has 1 amide bonds. The van der Waals surface area contributed by atoms with Crippen LogP contribution in [0.25, 0.3) is 0 Å². The molecule has 0 saturated carbocycles. The first-order valence-electron chi connectivity index (χ1n) is 15.6. The number of nitrogens with one attached hydrogen (secondary N) is 1. The average molecular weight is 650 g/mol. The van der Waals surface area contributed by atoms with Crippen molar-refractivity contribution in [2.75, 3.05) is 0 Å². The summed E-state index contributed by atoms with van der Waals surface area (Å²) in [6, 6.07) is 39.0. The van der Waals surface area contributed by atoms with Crippen LogP contribution in [-0.2, 0) is 30.9 Å². The van der Waals surface area contributed by atoms with Crippen LogP contribution in [0, 0.1) is 0 Å². The van der Waals surface area contributed by atoms with Gasteiger partial charge in [-0.05, 0) is 90.4 Å². The first-order valence-corrected chi connectivity index (χ1v) is 16.0. The van der Waals surface area contributed by atoms with Crippen LogP contribution in [0.5, 0.6) is 11.5 Å². The minimum Gasteiger partial charge on any atom is -0.485 e. The lowest BCUT2D eigenvalue weighted by Crippen LogP contribution is -2.32. The van der Waals surface area contributed by atoms with Crippen LogP contribution < -0.4 is 14.8 Å². The third kappa shape index (κ3) is 10.1. The predicted molar refractivity (Wildman–Crippen MR) is 186 cm³/mol. The molecule has 0 saturated heterocycles. The summed E-state index contributed by atoms with van der Waals surface area (Å²) >= 11 is 6.44. The second-order valence-corrected chi connectivity index (χ2v) is 12.8. The van der Waals surface area contributed by atoms with Gasteiger partial charge in [-0.15, -0.1) is 0 Å². The van der Waals surface area contributed by atoms with Gasteiger partial charge in [0.2, 0.25) is 0 Å². The van der Waals surface area contributed by atoms with Gasteiger partial charge in [-0.3, -0.25) is 0 Å². The minimum atomic E-state index is -0.938. The number of aliphatic hydroxyl groups excluding tert-OH is 1. The van der Waals surface area contributed by atoms with E-state index in [0.717, 1.165) is 27.8 Å². The molecule has 0 heterocycles. The number of hydrogen-bond donors (Lipinski definition) is 2. The molecule has 47 heavy (non-hydrogen) atoms. The van der Waals surface area contributed by atoms with E-state index in [4.69, 9.17) is 25.8 Å². The molecule has 7 heteroatoms. The standard InChI is InChI=1S/C40H40ClNO5/c1-40(2,3)47-39(44)42-25-31-15-10-16-33(22-31)38(43)35-24-34(41)19-18-32(35)21-30-17-20-36(45-26-28-11-6-4-7-12-28)37(23-30)46-27-29-13-8-5-9-14-29/h4-20,22-24,38,43H,21,25-27H2,1-3H3,(H,42,44). The van der Waals surface area contributed by atoms with Crippen molar-refractivity contribution >= 4 is 17.7 Å². The van der Waals surface area contributed by atoms with Crippen LogP contribution >= 0.6 is 11.6 Å². The number of hydrogen-bond acceptors (Lipinski definition) is 5. The van der Waals surface area contributed by atoms with Crippen LogP contribution in [0.2, 0.25) is 5.02 Å². The maximum atomic E-state index is 12.2. The lowest BCUT2D eigenvalue weighted by molar-refractivity contribution is 0.0523. The zero-order valence-electron chi connectivity index (χ0n) is 26.9. The largest absolute Gasteiger partial charge is 0.485 e. The Labute approximate surface area is 281 Å². The van der Waals surface area contributed by atoms with E-state index < -0.39 is 17.8 Å². The Morgan fingerprint density at radius 2 is 1.36 bits per heavy atom. The summed E-state index contributed by atoms with van der Waals surface area (Å²) < 4.78 is 17.9. The van der Waals surface area contributed by atoms with Gasteiger partial charge in [0.05, 0.1) is 0 Å². The molecule has 0 bridgehead atoms. The van der Waals surface area contributed by atoms with Gasteiger partial charge in [-0.2, -0.15) is 0 Å². The van der Waals surface area contributed by atoms with Gasteiger partial charge in [0.15, 0.2) is 11.5 Å². The molecule has 0 spiro atoms. The summed E-state index contributed by atoms with van der Waals surface area (Å²) in [5, 5.41) is 14.9. The van der Waals surface area contributed by atoms with Crippen molar-refractivity contribution in [3.8, 4) is 11.5 Å². The number of carbonyl (C=O) groups is 1. The predicted octanol–water partition coefficient (Wildman–Crippen LogP) is 9.20. The zero-order chi connectivity index (χ0) is 33.2. The number of carbonyl (C=O) groups excluding carboxylic acids is 1. The Morgan fingerprint density at radius 1 is 0.723 bits per heavy atom. The van der Waals surface area contributed by atoms with Crippen molar-refractivity contribution in [2.24, 2.45) is 0 Å². The summed E-state index contributed by atoms with van der Waals surface area (Å²) in [7, 11) is 0. The molecule has 0 aliphatic rings.